The predicted octanol–water partition coefficient (Wildman–Crippen LogP) is 4.81. The number of alkyl halides is 4. The number of halogens is 4. The number of benzene rings is 2. The van der Waals surface area contributed by atoms with Crippen LogP contribution in [0.1, 0.15) is 44.7 Å². The SMILES string of the molecule is CC(C)(F)C[C@H](N[C@@H](c1ccc(-c2ccc(S(=O)O)cc2)cc1)C(F)(F)F)C(=O)NC1(C#N)CC1. The molecular weight excluding hydrogens is 486 g/mol. The van der Waals surface area contributed by atoms with Crippen molar-refractivity contribution in [1.29, 1.82) is 5.26 Å². The fraction of sp³-hybridized carbons (Fsp3) is 0.417. The minimum Gasteiger partial charge on any atom is -0.336 e. The van der Waals surface area contributed by atoms with Crippen molar-refractivity contribution in [3.8, 4) is 17.2 Å². The van der Waals surface area contributed by atoms with E-state index in [4.69, 9.17) is 4.55 Å². The van der Waals surface area contributed by atoms with E-state index in [1.807, 2.05) is 6.07 Å². The van der Waals surface area contributed by atoms with Crippen LogP contribution >= 0.6 is 0 Å². The van der Waals surface area contributed by atoms with Crippen molar-refractivity contribution in [2.45, 2.75) is 67.5 Å². The van der Waals surface area contributed by atoms with Gasteiger partial charge in [-0.15, -0.1) is 0 Å². The molecule has 188 valence electrons. The van der Waals surface area contributed by atoms with Gasteiger partial charge in [0.2, 0.25) is 5.91 Å². The largest absolute Gasteiger partial charge is 0.407 e. The minimum atomic E-state index is -4.79. The molecule has 11 heteroatoms. The maximum absolute atomic E-state index is 14.4. The van der Waals surface area contributed by atoms with Crippen LogP contribution in [0.4, 0.5) is 17.6 Å². The zero-order valence-corrected chi connectivity index (χ0v) is 19.8. The van der Waals surface area contributed by atoms with Gasteiger partial charge in [-0.1, -0.05) is 36.4 Å². The first kappa shape index (κ1) is 26.8. The fourth-order valence-corrected chi connectivity index (χ4v) is 4.01. The number of nitrogens with one attached hydrogen (secondary N) is 2. The van der Waals surface area contributed by atoms with Gasteiger partial charge in [0.25, 0.3) is 0 Å². The van der Waals surface area contributed by atoms with Gasteiger partial charge in [0, 0.05) is 6.42 Å². The predicted molar refractivity (Wildman–Crippen MR) is 122 cm³/mol. The Morgan fingerprint density at radius 1 is 1.09 bits per heavy atom. The zero-order chi connectivity index (χ0) is 26.0. The number of rotatable bonds is 9. The van der Waals surface area contributed by atoms with Gasteiger partial charge in [-0.2, -0.15) is 18.4 Å². The molecule has 1 aliphatic carbocycles. The third kappa shape index (κ3) is 7.10. The van der Waals surface area contributed by atoms with Gasteiger partial charge in [-0.05, 0) is 55.5 Å². The molecule has 1 fully saturated rings. The molecule has 1 aliphatic rings. The van der Waals surface area contributed by atoms with Crippen molar-refractivity contribution in [3.05, 3.63) is 54.1 Å². The Labute approximate surface area is 203 Å². The molecule has 6 nitrogen and oxygen atoms in total. The van der Waals surface area contributed by atoms with E-state index in [0.717, 1.165) is 0 Å². The highest BCUT2D eigenvalue weighted by atomic mass is 32.2. The molecule has 1 saturated carbocycles. The Bertz CT molecular complexity index is 1120. The van der Waals surface area contributed by atoms with E-state index in [2.05, 4.69) is 10.6 Å². The molecule has 3 N–H and O–H groups in total. The van der Waals surface area contributed by atoms with Crippen LogP contribution in [0.25, 0.3) is 11.1 Å². The van der Waals surface area contributed by atoms with Crippen LogP contribution in [0.5, 0.6) is 0 Å². The van der Waals surface area contributed by atoms with Crippen molar-refractivity contribution in [2.75, 3.05) is 0 Å². The standard InChI is InChI=1S/C24H25F4N3O3S/c1-22(2,25)13-19(21(32)31-23(14-29)11-12-23)30-20(24(26,27)28)17-5-3-15(4-6-17)16-7-9-18(10-8-16)35(33)34/h3-10,19-20,30H,11-13H2,1-2H3,(H,31,32)(H,33,34)/t19-,20-/m0/s1. The fourth-order valence-electron chi connectivity index (χ4n) is 3.64. The molecule has 0 aliphatic heterocycles. The van der Waals surface area contributed by atoms with E-state index in [-0.39, 0.29) is 10.5 Å². The van der Waals surface area contributed by atoms with E-state index in [1.165, 1.54) is 50.2 Å². The summed E-state index contributed by atoms with van der Waals surface area (Å²) in [6.45, 7) is 2.34. The van der Waals surface area contributed by atoms with E-state index >= 15 is 0 Å². The highest BCUT2D eigenvalue weighted by Crippen LogP contribution is 2.37. The van der Waals surface area contributed by atoms with E-state index in [0.29, 0.717) is 24.0 Å². The van der Waals surface area contributed by atoms with Crippen molar-refractivity contribution in [1.82, 2.24) is 10.6 Å². The second-order valence-corrected chi connectivity index (χ2v) is 10.2. The van der Waals surface area contributed by atoms with Crippen LogP contribution in [-0.2, 0) is 15.9 Å². The second-order valence-electron chi connectivity index (χ2n) is 9.20. The molecule has 1 amide bonds. The molecule has 1 unspecified atom stereocenters. The summed E-state index contributed by atoms with van der Waals surface area (Å²) in [4.78, 5) is 12.9. The molecule has 3 rings (SSSR count). The maximum atomic E-state index is 14.4. The Kier molecular flexibility index (Phi) is 7.69. The number of hydrogen-bond acceptors (Lipinski definition) is 4. The Hall–Kier alpha value is -2.81. The van der Waals surface area contributed by atoms with E-state index in [1.54, 1.807) is 12.1 Å². The Morgan fingerprint density at radius 3 is 2.00 bits per heavy atom. The molecule has 0 aromatic heterocycles. The van der Waals surface area contributed by atoms with Gasteiger partial charge in [-0.3, -0.25) is 10.1 Å². The first-order valence-corrected chi connectivity index (χ1v) is 11.9. The third-order valence-corrected chi connectivity index (χ3v) is 6.34. The molecule has 3 atom stereocenters. The van der Waals surface area contributed by atoms with Gasteiger partial charge < -0.3 is 9.87 Å². The third-order valence-electron chi connectivity index (χ3n) is 5.66. The number of amides is 1. The molecule has 0 bridgehead atoms. The van der Waals surface area contributed by atoms with Gasteiger partial charge >= 0.3 is 6.18 Å². The van der Waals surface area contributed by atoms with Gasteiger partial charge in [-0.25, -0.2) is 8.60 Å². The number of nitriles is 1. The summed E-state index contributed by atoms with van der Waals surface area (Å²) in [6, 6.07) is 9.62. The molecule has 0 heterocycles. The number of nitrogens with zero attached hydrogens (tertiary/aromatic N) is 1. The van der Waals surface area contributed by atoms with Gasteiger partial charge in [0.1, 0.15) is 17.2 Å². The number of carbonyl (C=O) groups is 1. The smallest absolute Gasteiger partial charge is 0.336 e. The second kappa shape index (κ2) is 10.0. The van der Waals surface area contributed by atoms with E-state index < -0.39 is 52.9 Å². The normalized spacial score (nSPS) is 17.7. The quantitative estimate of drug-likeness (QED) is 0.331. The lowest BCUT2D eigenvalue weighted by atomic mass is 9.96. The number of hydrogen-bond donors (Lipinski definition) is 3. The maximum Gasteiger partial charge on any atom is 0.407 e. The minimum absolute atomic E-state index is 0.176. The monoisotopic (exact) mass is 511 g/mol. The van der Waals surface area contributed by atoms with Crippen LogP contribution in [0.15, 0.2) is 53.4 Å². The first-order valence-electron chi connectivity index (χ1n) is 10.8. The molecule has 35 heavy (non-hydrogen) atoms. The van der Waals surface area contributed by atoms with Crippen molar-refractivity contribution in [2.24, 2.45) is 0 Å². The summed E-state index contributed by atoms with van der Waals surface area (Å²) < 4.78 is 76.7. The summed E-state index contributed by atoms with van der Waals surface area (Å²) in [5, 5.41) is 13.9. The van der Waals surface area contributed by atoms with Gasteiger partial charge in [0.15, 0.2) is 11.1 Å². The lowest BCUT2D eigenvalue weighted by Gasteiger charge is -2.30. The van der Waals surface area contributed by atoms with Crippen LogP contribution in [0.2, 0.25) is 0 Å². The first-order chi connectivity index (χ1) is 16.2. The summed E-state index contributed by atoms with van der Waals surface area (Å²) in [6.07, 6.45) is -4.54. The lowest BCUT2D eigenvalue weighted by Crippen LogP contribution is -2.53. The topological polar surface area (TPSA) is 102 Å². The van der Waals surface area contributed by atoms with Crippen LogP contribution in [0, 0.1) is 11.3 Å². The summed E-state index contributed by atoms with van der Waals surface area (Å²) in [5.41, 5.74) is -2.02. The average molecular weight is 512 g/mol. The van der Waals surface area contributed by atoms with Crippen molar-refractivity contribution >= 4 is 17.0 Å². The molecule has 0 spiro atoms. The summed E-state index contributed by atoms with van der Waals surface area (Å²) >= 11 is -2.14. The van der Waals surface area contributed by atoms with Crippen molar-refractivity contribution in [3.63, 3.8) is 0 Å². The zero-order valence-electron chi connectivity index (χ0n) is 19.0. The Balaban J connectivity index is 1.85. The molecule has 2 aromatic carbocycles. The summed E-state index contributed by atoms with van der Waals surface area (Å²) in [7, 11) is 0. The van der Waals surface area contributed by atoms with E-state index in [9.17, 15) is 31.8 Å². The highest BCUT2D eigenvalue weighted by molar-refractivity contribution is 7.79. The molecule has 0 saturated heterocycles. The Morgan fingerprint density at radius 2 is 1.60 bits per heavy atom. The highest BCUT2D eigenvalue weighted by Gasteiger charge is 2.48. The summed E-state index contributed by atoms with van der Waals surface area (Å²) in [5.74, 6) is -0.859. The van der Waals surface area contributed by atoms with Crippen LogP contribution < -0.4 is 10.6 Å². The van der Waals surface area contributed by atoms with Crippen LogP contribution in [-0.4, -0.2) is 38.1 Å². The molecule has 0 radical (unpaired) electrons. The van der Waals surface area contributed by atoms with Crippen molar-refractivity contribution < 1.29 is 31.1 Å². The molecule has 2 aromatic rings. The van der Waals surface area contributed by atoms with Crippen LogP contribution in [0.3, 0.4) is 0 Å². The number of carbonyl (C=O) groups excluding carboxylic acids is 1. The van der Waals surface area contributed by atoms with Gasteiger partial charge in [0.05, 0.1) is 17.0 Å². The lowest BCUT2D eigenvalue weighted by molar-refractivity contribution is -0.161. The average Bonchev–Trinajstić information content (AvgIpc) is 3.55. The molecular formula is C24H25F4N3O3S.